The monoisotopic (exact) mass is 334 g/mol. The van der Waals surface area contributed by atoms with Gasteiger partial charge in [-0.2, -0.15) is 0 Å². The molecule has 0 aliphatic heterocycles. The second kappa shape index (κ2) is 7.49. The first-order chi connectivity index (χ1) is 12.2. The topological polar surface area (TPSA) is 60.3 Å². The van der Waals surface area contributed by atoms with E-state index in [0.29, 0.717) is 23.5 Å². The number of hydrogen-bond acceptors (Lipinski definition) is 3. The minimum Gasteiger partial charge on any atom is -0.497 e. The average molecular weight is 334 g/mol. The lowest BCUT2D eigenvalue weighted by Crippen LogP contribution is -2.22. The summed E-state index contributed by atoms with van der Waals surface area (Å²) in [5.74, 6) is 0.377. The lowest BCUT2D eigenvalue weighted by molar-refractivity contribution is 0.102. The molecule has 0 saturated heterocycles. The number of nitrogens with zero attached hydrogens (tertiary/aromatic N) is 1. The largest absolute Gasteiger partial charge is 0.497 e. The van der Waals surface area contributed by atoms with Crippen molar-refractivity contribution in [2.75, 3.05) is 12.4 Å². The van der Waals surface area contributed by atoms with Crippen molar-refractivity contribution in [2.45, 2.75) is 6.54 Å². The summed E-state index contributed by atoms with van der Waals surface area (Å²) in [6.07, 6.45) is 1.57. The van der Waals surface area contributed by atoms with Crippen LogP contribution in [0.5, 0.6) is 5.75 Å². The molecule has 0 saturated carbocycles. The third-order valence-electron chi connectivity index (χ3n) is 3.77. The number of ether oxygens (including phenoxy) is 1. The third kappa shape index (κ3) is 4.14. The SMILES string of the molecule is COc1cccc(NC(=O)c2ccc(=O)n(Cc3ccccc3)c2)c1. The molecule has 1 heterocycles. The van der Waals surface area contributed by atoms with Gasteiger partial charge in [-0.25, -0.2) is 0 Å². The van der Waals surface area contributed by atoms with E-state index in [1.54, 1.807) is 37.6 Å². The summed E-state index contributed by atoms with van der Waals surface area (Å²) < 4.78 is 6.67. The zero-order chi connectivity index (χ0) is 17.6. The van der Waals surface area contributed by atoms with E-state index in [1.807, 2.05) is 30.3 Å². The predicted octanol–water partition coefficient (Wildman–Crippen LogP) is 3.16. The first kappa shape index (κ1) is 16.5. The number of rotatable bonds is 5. The van der Waals surface area contributed by atoms with E-state index in [-0.39, 0.29) is 11.5 Å². The highest BCUT2D eigenvalue weighted by atomic mass is 16.5. The normalized spacial score (nSPS) is 10.3. The molecule has 0 aliphatic rings. The van der Waals surface area contributed by atoms with Crippen LogP contribution in [0.2, 0.25) is 0 Å². The van der Waals surface area contributed by atoms with Crippen molar-refractivity contribution in [1.29, 1.82) is 0 Å². The van der Waals surface area contributed by atoms with Gasteiger partial charge in [0.2, 0.25) is 0 Å². The molecule has 1 aromatic heterocycles. The third-order valence-corrected chi connectivity index (χ3v) is 3.77. The van der Waals surface area contributed by atoms with Crippen LogP contribution in [0.1, 0.15) is 15.9 Å². The highest BCUT2D eigenvalue weighted by molar-refractivity contribution is 6.04. The molecule has 0 unspecified atom stereocenters. The summed E-state index contributed by atoms with van der Waals surface area (Å²) in [6.45, 7) is 0.417. The van der Waals surface area contributed by atoms with Crippen LogP contribution in [0, 0.1) is 0 Å². The minimum atomic E-state index is -0.282. The Bertz CT molecular complexity index is 933. The molecule has 0 fully saturated rings. The molecule has 25 heavy (non-hydrogen) atoms. The van der Waals surface area contributed by atoms with Crippen molar-refractivity contribution in [2.24, 2.45) is 0 Å². The second-order valence-corrected chi connectivity index (χ2v) is 5.56. The molecule has 0 bridgehead atoms. The van der Waals surface area contributed by atoms with E-state index in [9.17, 15) is 9.59 Å². The van der Waals surface area contributed by atoms with Crippen LogP contribution >= 0.6 is 0 Å². The van der Waals surface area contributed by atoms with Gasteiger partial charge in [0.25, 0.3) is 11.5 Å². The Balaban J connectivity index is 1.81. The number of hydrogen-bond donors (Lipinski definition) is 1. The van der Waals surface area contributed by atoms with Gasteiger partial charge in [0.15, 0.2) is 0 Å². The molecule has 1 N–H and O–H groups in total. The summed E-state index contributed by atoms with van der Waals surface area (Å²) >= 11 is 0. The van der Waals surface area contributed by atoms with Crippen LogP contribution in [0.4, 0.5) is 5.69 Å². The predicted molar refractivity (Wildman–Crippen MR) is 97.2 cm³/mol. The van der Waals surface area contributed by atoms with Gasteiger partial charge < -0.3 is 14.6 Å². The Labute approximate surface area is 145 Å². The molecule has 0 aliphatic carbocycles. The van der Waals surface area contributed by atoms with Gasteiger partial charge in [-0.15, -0.1) is 0 Å². The van der Waals surface area contributed by atoms with Gasteiger partial charge in [-0.1, -0.05) is 36.4 Å². The van der Waals surface area contributed by atoms with E-state index in [1.165, 1.54) is 16.7 Å². The lowest BCUT2D eigenvalue weighted by atomic mass is 10.2. The van der Waals surface area contributed by atoms with Gasteiger partial charge in [0.05, 0.1) is 19.2 Å². The number of anilines is 1. The molecule has 3 rings (SSSR count). The molecule has 126 valence electrons. The van der Waals surface area contributed by atoms with Gasteiger partial charge in [0.1, 0.15) is 5.75 Å². The fourth-order valence-corrected chi connectivity index (χ4v) is 2.47. The lowest BCUT2D eigenvalue weighted by Gasteiger charge is -2.10. The number of nitrogens with one attached hydrogen (secondary N) is 1. The summed E-state index contributed by atoms with van der Waals surface area (Å²) in [6, 6.07) is 19.7. The maximum Gasteiger partial charge on any atom is 0.257 e. The van der Waals surface area contributed by atoms with Gasteiger partial charge in [-0.3, -0.25) is 9.59 Å². The van der Waals surface area contributed by atoms with E-state index in [0.717, 1.165) is 5.56 Å². The Morgan fingerprint density at radius 1 is 1.04 bits per heavy atom. The first-order valence-corrected chi connectivity index (χ1v) is 7.85. The van der Waals surface area contributed by atoms with Crippen molar-refractivity contribution in [3.8, 4) is 5.75 Å². The van der Waals surface area contributed by atoms with E-state index < -0.39 is 0 Å². The van der Waals surface area contributed by atoms with Crippen LogP contribution in [0.15, 0.2) is 77.7 Å². The molecular weight excluding hydrogens is 316 g/mol. The van der Waals surface area contributed by atoms with E-state index in [4.69, 9.17) is 4.74 Å². The Hall–Kier alpha value is -3.34. The molecule has 0 atom stereocenters. The highest BCUT2D eigenvalue weighted by Gasteiger charge is 2.09. The smallest absolute Gasteiger partial charge is 0.257 e. The summed E-state index contributed by atoms with van der Waals surface area (Å²) in [5.41, 5.74) is 1.89. The van der Waals surface area contributed by atoms with Gasteiger partial charge in [0, 0.05) is 24.0 Å². The van der Waals surface area contributed by atoms with Crippen LogP contribution in [0.3, 0.4) is 0 Å². The number of benzene rings is 2. The fourth-order valence-electron chi connectivity index (χ4n) is 2.47. The van der Waals surface area contributed by atoms with Crippen molar-refractivity contribution in [3.63, 3.8) is 0 Å². The zero-order valence-corrected chi connectivity index (χ0v) is 13.8. The van der Waals surface area contributed by atoms with Crippen LogP contribution < -0.4 is 15.6 Å². The van der Waals surface area contributed by atoms with E-state index >= 15 is 0 Å². The van der Waals surface area contributed by atoms with E-state index in [2.05, 4.69) is 5.32 Å². The second-order valence-electron chi connectivity index (χ2n) is 5.56. The number of carbonyl (C=O) groups is 1. The van der Waals surface area contributed by atoms with Gasteiger partial charge in [-0.05, 0) is 23.8 Å². The number of pyridine rings is 1. The maximum atomic E-state index is 12.5. The maximum absolute atomic E-state index is 12.5. The quantitative estimate of drug-likeness (QED) is 0.780. The average Bonchev–Trinajstić information content (AvgIpc) is 2.64. The zero-order valence-electron chi connectivity index (χ0n) is 13.8. The molecule has 5 heteroatoms. The summed E-state index contributed by atoms with van der Waals surface area (Å²) in [7, 11) is 1.57. The number of methoxy groups -OCH3 is 1. The fraction of sp³-hybridized carbons (Fsp3) is 0.100. The Kier molecular flexibility index (Phi) is 4.95. The first-order valence-electron chi connectivity index (χ1n) is 7.85. The molecular formula is C20H18N2O3. The highest BCUT2D eigenvalue weighted by Crippen LogP contribution is 2.17. The van der Waals surface area contributed by atoms with Crippen molar-refractivity contribution in [3.05, 3.63) is 94.4 Å². The molecule has 3 aromatic rings. The molecule has 0 spiro atoms. The number of amides is 1. The molecule has 0 radical (unpaired) electrons. The Morgan fingerprint density at radius 2 is 1.84 bits per heavy atom. The standard InChI is InChI=1S/C20H18N2O3/c1-25-18-9-5-8-17(12-18)21-20(24)16-10-11-19(23)22(14-16)13-15-6-3-2-4-7-15/h2-12,14H,13H2,1H3,(H,21,24). The number of carbonyl (C=O) groups excluding carboxylic acids is 1. The number of aromatic nitrogens is 1. The molecule has 1 amide bonds. The van der Waals surface area contributed by atoms with Gasteiger partial charge >= 0.3 is 0 Å². The van der Waals surface area contributed by atoms with Crippen LogP contribution in [0.25, 0.3) is 0 Å². The molecule has 5 nitrogen and oxygen atoms in total. The minimum absolute atomic E-state index is 0.151. The van der Waals surface area contributed by atoms with Crippen molar-refractivity contribution in [1.82, 2.24) is 4.57 Å². The van der Waals surface area contributed by atoms with Crippen LogP contribution in [-0.2, 0) is 6.54 Å². The van der Waals surface area contributed by atoms with Crippen molar-refractivity contribution < 1.29 is 9.53 Å². The van der Waals surface area contributed by atoms with Crippen LogP contribution in [-0.4, -0.2) is 17.6 Å². The summed E-state index contributed by atoms with van der Waals surface area (Å²) in [5, 5.41) is 2.81. The Morgan fingerprint density at radius 3 is 2.60 bits per heavy atom. The molecule has 2 aromatic carbocycles. The van der Waals surface area contributed by atoms with Crippen molar-refractivity contribution >= 4 is 11.6 Å². The summed E-state index contributed by atoms with van der Waals surface area (Å²) in [4.78, 5) is 24.5.